The molecule has 3 aliphatic rings. The van der Waals surface area contributed by atoms with E-state index in [1.807, 2.05) is 4.90 Å². The Morgan fingerprint density at radius 1 is 1.07 bits per heavy atom. The van der Waals surface area contributed by atoms with E-state index in [1.165, 1.54) is 19.3 Å². The van der Waals surface area contributed by atoms with Crippen LogP contribution in [0.1, 0.15) is 87.8 Å². The molecule has 158 valence electrons. The highest BCUT2D eigenvalue weighted by atomic mass is 16.2. The number of amides is 2. The monoisotopic (exact) mass is 400 g/mol. The van der Waals surface area contributed by atoms with Crippen LogP contribution in [0.5, 0.6) is 0 Å². The predicted octanol–water partition coefficient (Wildman–Crippen LogP) is 2.70. The molecule has 1 aromatic rings. The molecule has 0 bridgehead atoms. The first-order valence-corrected chi connectivity index (χ1v) is 11.2. The molecule has 7 nitrogen and oxygen atoms in total. The lowest BCUT2D eigenvalue weighted by Gasteiger charge is -2.37. The standard InChI is InChI=1S/C22H32N4O3/c1-15(27)25-12-10-17-18(14-25)23-21(24-22(17)29)19-9-5-6-11-26(19)20(28)13-16-7-3-2-4-8-16/h16,19H,2-14H2,1H3,(H,23,24,29)/t19-/m0/s1. The summed E-state index contributed by atoms with van der Waals surface area (Å²) in [7, 11) is 0. The third-order valence-corrected chi connectivity index (χ3v) is 6.86. The molecule has 7 heteroatoms. The number of rotatable bonds is 3. The Bertz CT molecular complexity index is 828. The molecule has 0 radical (unpaired) electrons. The van der Waals surface area contributed by atoms with Gasteiger partial charge in [0.1, 0.15) is 5.82 Å². The number of fused-ring (bicyclic) bond motifs is 1. The van der Waals surface area contributed by atoms with Crippen LogP contribution >= 0.6 is 0 Å². The molecule has 2 amide bonds. The number of carbonyl (C=O) groups excluding carboxylic acids is 2. The van der Waals surface area contributed by atoms with Crippen molar-refractivity contribution in [3.8, 4) is 0 Å². The fraction of sp³-hybridized carbons (Fsp3) is 0.727. The Morgan fingerprint density at radius 2 is 1.83 bits per heavy atom. The second-order valence-electron chi connectivity index (χ2n) is 8.87. The molecule has 2 fully saturated rings. The Balaban J connectivity index is 1.56. The van der Waals surface area contributed by atoms with E-state index in [-0.39, 0.29) is 23.4 Å². The highest BCUT2D eigenvalue weighted by Gasteiger charge is 2.32. The van der Waals surface area contributed by atoms with Crippen molar-refractivity contribution in [3.63, 3.8) is 0 Å². The molecule has 1 atom stereocenters. The van der Waals surface area contributed by atoms with Crippen molar-refractivity contribution < 1.29 is 9.59 Å². The molecular formula is C22H32N4O3. The van der Waals surface area contributed by atoms with Crippen LogP contribution in [0, 0.1) is 5.92 Å². The minimum atomic E-state index is -0.162. The van der Waals surface area contributed by atoms with Gasteiger partial charge in [0.15, 0.2) is 0 Å². The fourth-order valence-electron chi connectivity index (χ4n) is 5.16. The van der Waals surface area contributed by atoms with Crippen LogP contribution in [0.25, 0.3) is 0 Å². The zero-order valence-corrected chi connectivity index (χ0v) is 17.4. The number of hydrogen-bond donors (Lipinski definition) is 1. The van der Waals surface area contributed by atoms with E-state index < -0.39 is 0 Å². The number of hydrogen-bond acceptors (Lipinski definition) is 4. The van der Waals surface area contributed by atoms with Crippen LogP contribution in [0.15, 0.2) is 4.79 Å². The molecule has 3 heterocycles. The summed E-state index contributed by atoms with van der Waals surface area (Å²) >= 11 is 0. The minimum absolute atomic E-state index is 0.00114. The zero-order valence-electron chi connectivity index (χ0n) is 17.4. The molecule has 4 rings (SSSR count). The Labute approximate surface area is 171 Å². The summed E-state index contributed by atoms with van der Waals surface area (Å²) in [4.78, 5) is 49.0. The molecule has 0 spiro atoms. The zero-order chi connectivity index (χ0) is 20.4. The van der Waals surface area contributed by atoms with Crippen molar-refractivity contribution in [1.82, 2.24) is 19.8 Å². The van der Waals surface area contributed by atoms with E-state index in [2.05, 4.69) is 4.98 Å². The smallest absolute Gasteiger partial charge is 0.254 e. The first-order valence-electron chi connectivity index (χ1n) is 11.2. The van der Waals surface area contributed by atoms with Crippen LogP contribution in [0.4, 0.5) is 0 Å². The summed E-state index contributed by atoms with van der Waals surface area (Å²) in [6.45, 7) is 3.22. The predicted molar refractivity (Wildman–Crippen MR) is 109 cm³/mol. The Hall–Kier alpha value is -2.18. The Kier molecular flexibility index (Phi) is 6.01. The van der Waals surface area contributed by atoms with Crippen molar-refractivity contribution in [1.29, 1.82) is 0 Å². The van der Waals surface area contributed by atoms with Crippen LogP contribution in [0.2, 0.25) is 0 Å². The van der Waals surface area contributed by atoms with Crippen LogP contribution in [-0.4, -0.2) is 44.7 Å². The number of aromatic amines is 1. The lowest BCUT2D eigenvalue weighted by Crippen LogP contribution is -2.42. The molecule has 0 unspecified atom stereocenters. The highest BCUT2D eigenvalue weighted by molar-refractivity contribution is 5.77. The second-order valence-corrected chi connectivity index (χ2v) is 8.87. The summed E-state index contributed by atoms with van der Waals surface area (Å²) in [5.41, 5.74) is 1.26. The topological polar surface area (TPSA) is 86.4 Å². The van der Waals surface area contributed by atoms with Gasteiger partial charge in [0.05, 0.1) is 18.3 Å². The van der Waals surface area contributed by atoms with E-state index in [9.17, 15) is 14.4 Å². The maximum Gasteiger partial charge on any atom is 0.254 e. The maximum atomic E-state index is 13.1. The molecule has 1 aromatic heterocycles. The number of aromatic nitrogens is 2. The molecule has 1 saturated carbocycles. The fourth-order valence-corrected chi connectivity index (χ4v) is 5.16. The molecule has 29 heavy (non-hydrogen) atoms. The van der Waals surface area contributed by atoms with Gasteiger partial charge in [-0.2, -0.15) is 0 Å². The van der Waals surface area contributed by atoms with Crippen molar-refractivity contribution >= 4 is 11.8 Å². The third-order valence-electron chi connectivity index (χ3n) is 6.86. The summed E-state index contributed by atoms with van der Waals surface area (Å²) in [6.07, 6.45) is 10.1. The lowest BCUT2D eigenvalue weighted by atomic mass is 9.86. The van der Waals surface area contributed by atoms with Crippen LogP contribution < -0.4 is 5.56 Å². The van der Waals surface area contributed by atoms with Gasteiger partial charge in [-0.05, 0) is 44.4 Å². The number of carbonyl (C=O) groups is 2. The third kappa shape index (κ3) is 4.38. The van der Waals surface area contributed by atoms with Gasteiger partial charge in [-0.25, -0.2) is 4.98 Å². The lowest BCUT2D eigenvalue weighted by molar-refractivity contribution is -0.136. The SMILES string of the molecule is CC(=O)N1CCc2c(nc([C@@H]3CCCCN3C(=O)CC3CCCCC3)[nH]c2=O)C1. The van der Waals surface area contributed by atoms with E-state index in [4.69, 9.17) is 4.98 Å². The number of H-pyrrole nitrogens is 1. The van der Waals surface area contributed by atoms with E-state index in [0.29, 0.717) is 48.9 Å². The van der Waals surface area contributed by atoms with Gasteiger partial charge < -0.3 is 14.8 Å². The normalized spacial score (nSPS) is 23.0. The first kappa shape index (κ1) is 20.1. The molecule has 1 aliphatic carbocycles. The maximum absolute atomic E-state index is 13.1. The summed E-state index contributed by atoms with van der Waals surface area (Å²) in [5, 5.41) is 0. The second kappa shape index (κ2) is 8.67. The van der Waals surface area contributed by atoms with Gasteiger partial charge in [0, 0.05) is 32.0 Å². The number of nitrogens with zero attached hydrogens (tertiary/aromatic N) is 3. The number of piperidine rings is 1. The van der Waals surface area contributed by atoms with Crippen molar-refractivity contribution in [2.24, 2.45) is 5.92 Å². The molecule has 2 aliphatic heterocycles. The average Bonchev–Trinajstić information content (AvgIpc) is 2.74. The van der Waals surface area contributed by atoms with Crippen LogP contribution in [0.3, 0.4) is 0 Å². The van der Waals surface area contributed by atoms with Crippen molar-refractivity contribution in [2.75, 3.05) is 13.1 Å². The molecular weight excluding hydrogens is 368 g/mol. The average molecular weight is 401 g/mol. The van der Waals surface area contributed by atoms with E-state index in [0.717, 1.165) is 38.6 Å². The van der Waals surface area contributed by atoms with Crippen molar-refractivity contribution in [2.45, 2.75) is 83.7 Å². The van der Waals surface area contributed by atoms with Crippen LogP contribution in [-0.2, 0) is 22.6 Å². The van der Waals surface area contributed by atoms with Gasteiger partial charge in [-0.1, -0.05) is 19.3 Å². The molecule has 0 aromatic carbocycles. The Morgan fingerprint density at radius 3 is 2.59 bits per heavy atom. The quantitative estimate of drug-likeness (QED) is 0.845. The minimum Gasteiger partial charge on any atom is -0.337 e. The van der Waals surface area contributed by atoms with Crippen molar-refractivity contribution in [3.05, 3.63) is 27.4 Å². The number of nitrogens with one attached hydrogen (secondary N) is 1. The summed E-state index contributed by atoms with van der Waals surface area (Å²) in [5.74, 6) is 1.29. The van der Waals surface area contributed by atoms with Gasteiger partial charge in [0.2, 0.25) is 11.8 Å². The van der Waals surface area contributed by atoms with Gasteiger partial charge in [-0.3, -0.25) is 14.4 Å². The van der Waals surface area contributed by atoms with E-state index in [1.54, 1.807) is 11.8 Å². The molecule has 1 saturated heterocycles. The molecule has 1 N–H and O–H groups in total. The largest absolute Gasteiger partial charge is 0.337 e. The summed E-state index contributed by atoms with van der Waals surface area (Å²) in [6, 6.07) is -0.162. The number of likely N-dealkylation sites (tertiary alicyclic amines) is 1. The van der Waals surface area contributed by atoms with Gasteiger partial charge in [0.25, 0.3) is 5.56 Å². The van der Waals surface area contributed by atoms with Gasteiger partial charge in [-0.15, -0.1) is 0 Å². The first-order chi connectivity index (χ1) is 14.0. The van der Waals surface area contributed by atoms with E-state index >= 15 is 0 Å². The van der Waals surface area contributed by atoms with Gasteiger partial charge >= 0.3 is 0 Å². The highest BCUT2D eigenvalue weighted by Crippen LogP contribution is 2.33. The summed E-state index contributed by atoms with van der Waals surface area (Å²) < 4.78 is 0.